The minimum absolute atomic E-state index is 0.534. The molecule has 0 saturated heterocycles. The van der Waals surface area contributed by atoms with Crippen LogP contribution < -0.4 is 5.32 Å². The van der Waals surface area contributed by atoms with Crippen molar-refractivity contribution in [2.75, 3.05) is 17.3 Å². The van der Waals surface area contributed by atoms with Gasteiger partial charge in [-0.1, -0.05) is 30.3 Å². The summed E-state index contributed by atoms with van der Waals surface area (Å²) in [6, 6.07) is 11.1. The van der Waals surface area contributed by atoms with E-state index >= 15 is 0 Å². The van der Waals surface area contributed by atoms with Crippen LogP contribution in [0.3, 0.4) is 0 Å². The van der Waals surface area contributed by atoms with Gasteiger partial charge in [-0.2, -0.15) is 11.8 Å². The highest BCUT2D eigenvalue weighted by atomic mass is 32.2. The standard InChI is InChI=1S/C18H19N3O2S2/c1-11-10-13-16(19-14(18(22)23)8-9-24-2)20-15(21-17(13)25-11)12-6-4-3-5-7-12/h3-7,10,14H,8-9H2,1-2H3,(H,22,23)(H,19,20,21). The van der Waals surface area contributed by atoms with Gasteiger partial charge in [0.2, 0.25) is 0 Å². The summed E-state index contributed by atoms with van der Waals surface area (Å²) in [7, 11) is 0. The van der Waals surface area contributed by atoms with Gasteiger partial charge in [0.1, 0.15) is 16.7 Å². The van der Waals surface area contributed by atoms with Gasteiger partial charge in [0.05, 0.1) is 5.39 Å². The number of nitrogens with one attached hydrogen (secondary N) is 1. The van der Waals surface area contributed by atoms with Crippen molar-refractivity contribution in [3.63, 3.8) is 0 Å². The van der Waals surface area contributed by atoms with Crippen LogP contribution in [0, 0.1) is 6.92 Å². The number of carboxylic acid groups (broad SMARTS) is 1. The normalized spacial score (nSPS) is 12.2. The van der Waals surface area contributed by atoms with Crippen LogP contribution in [0.1, 0.15) is 11.3 Å². The second-order valence-corrected chi connectivity index (χ2v) is 7.87. The number of carboxylic acids is 1. The molecule has 2 heterocycles. The summed E-state index contributed by atoms with van der Waals surface area (Å²) in [5.41, 5.74) is 0.912. The number of nitrogens with zero attached hydrogens (tertiary/aromatic N) is 2. The van der Waals surface area contributed by atoms with Crippen LogP contribution in [0.2, 0.25) is 0 Å². The summed E-state index contributed by atoms with van der Waals surface area (Å²) in [6.45, 7) is 2.01. The Morgan fingerprint density at radius 3 is 2.76 bits per heavy atom. The first-order valence-corrected chi connectivity index (χ1v) is 10.1. The number of rotatable bonds is 7. The lowest BCUT2D eigenvalue weighted by Crippen LogP contribution is -2.30. The van der Waals surface area contributed by atoms with Crippen molar-refractivity contribution in [2.24, 2.45) is 0 Å². The molecule has 0 aliphatic rings. The Kier molecular flexibility index (Phi) is 5.55. The van der Waals surface area contributed by atoms with E-state index in [2.05, 4.69) is 15.3 Å². The van der Waals surface area contributed by atoms with E-state index in [1.54, 1.807) is 23.1 Å². The SMILES string of the molecule is CSCCC(Nc1nc(-c2ccccc2)nc2sc(C)cc12)C(=O)O. The van der Waals surface area contributed by atoms with Gasteiger partial charge in [0.15, 0.2) is 5.82 Å². The monoisotopic (exact) mass is 373 g/mol. The molecule has 0 aliphatic carbocycles. The van der Waals surface area contributed by atoms with Gasteiger partial charge in [-0.05, 0) is 31.4 Å². The van der Waals surface area contributed by atoms with Gasteiger partial charge in [-0.15, -0.1) is 11.3 Å². The fraction of sp³-hybridized carbons (Fsp3) is 0.278. The molecule has 25 heavy (non-hydrogen) atoms. The molecule has 1 unspecified atom stereocenters. The summed E-state index contributed by atoms with van der Waals surface area (Å²) in [5, 5.41) is 13.5. The maximum Gasteiger partial charge on any atom is 0.326 e. The quantitative estimate of drug-likeness (QED) is 0.644. The van der Waals surface area contributed by atoms with Crippen LogP contribution in [0.5, 0.6) is 0 Å². The largest absolute Gasteiger partial charge is 0.480 e. The molecule has 5 nitrogen and oxygen atoms in total. The van der Waals surface area contributed by atoms with Gasteiger partial charge < -0.3 is 10.4 Å². The highest BCUT2D eigenvalue weighted by Crippen LogP contribution is 2.31. The van der Waals surface area contributed by atoms with Crippen LogP contribution in [0.15, 0.2) is 36.4 Å². The molecule has 0 amide bonds. The number of anilines is 1. The third-order valence-corrected chi connectivity index (χ3v) is 5.36. The molecular weight excluding hydrogens is 354 g/mol. The summed E-state index contributed by atoms with van der Waals surface area (Å²) >= 11 is 3.22. The topological polar surface area (TPSA) is 75.1 Å². The lowest BCUT2D eigenvalue weighted by Gasteiger charge is -2.16. The van der Waals surface area contributed by atoms with E-state index in [0.29, 0.717) is 18.1 Å². The van der Waals surface area contributed by atoms with E-state index in [0.717, 1.165) is 26.4 Å². The van der Waals surface area contributed by atoms with Crippen LogP contribution in [-0.2, 0) is 4.79 Å². The minimum Gasteiger partial charge on any atom is -0.480 e. The molecule has 3 rings (SSSR count). The molecule has 2 aromatic heterocycles. The van der Waals surface area contributed by atoms with E-state index in [9.17, 15) is 9.90 Å². The zero-order chi connectivity index (χ0) is 17.8. The van der Waals surface area contributed by atoms with Crippen molar-refractivity contribution in [3.05, 3.63) is 41.3 Å². The second-order valence-electron chi connectivity index (χ2n) is 5.65. The Morgan fingerprint density at radius 2 is 2.08 bits per heavy atom. The molecule has 0 aliphatic heterocycles. The molecule has 7 heteroatoms. The molecule has 0 fully saturated rings. The van der Waals surface area contributed by atoms with Crippen LogP contribution in [-0.4, -0.2) is 39.1 Å². The van der Waals surface area contributed by atoms with Crippen LogP contribution in [0.4, 0.5) is 5.82 Å². The lowest BCUT2D eigenvalue weighted by atomic mass is 10.2. The first-order valence-electron chi connectivity index (χ1n) is 7.90. The first-order chi connectivity index (χ1) is 12.1. The third-order valence-electron chi connectivity index (χ3n) is 3.77. The molecular formula is C18H19N3O2S2. The fourth-order valence-electron chi connectivity index (χ4n) is 2.53. The Morgan fingerprint density at radius 1 is 1.32 bits per heavy atom. The fourth-order valence-corrected chi connectivity index (χ4v) is 3.88. The van der Waals surface area contributed by atoms with Gasteiger partial charge in [-0.3, -0.25) is 0 Å². The molecule has 1 atom stereocenters. The van der Waals surface area contributed by atoms with Crippen molar-refractivity contribution in [2.45, 2.75) is 19.4 Å². The number of thiophene rings is 1. The van der Waals surface area contributed by atoms with Crippen molar-refractivity contribution >= 4 is 45.1 Å². The Hall–Kier alpha value is -2.12. The first kappa shape index (κ1) is 17.7. The third kappa shape index (κ3) is 4.11. The van der Waals surface area contributed by atoms with E-state index < -0.39 is 12.0 Å². The molecule has 0 saturated carbocycles. The van der Waals surface area contributed by atoms with Crippen LogP contribution in [0.25, 0.3) is 21.6 Å². The number of thioether (sulfide) groups is 1. The molecule has 0 radical (unpaired) electrons. The number of aliphatic carboxylic acids is 1. The van der Waals surface area contributed by atoms with E-state index in [1.807, 2.05) is 49.6 Å². The second kappa shape index (κ2) is 7.84. The molecule has 0 bridgehead atoms. The highest BCUT2D eigenvalue weighted by molar-refractivity contribution is 7.98. The summed E-state index contributed by atoms with van der Waals surface area (Å²) in [4.78, 5) is 22.9. The summed E-state index contributed by atoms with van der Waals surface area (Å²) in [5.74, 6) is 1.09. The molecule has 0 spiro atoms. The predicted octanol–water partition coefficient (Wildman–Crippen LogP) is 4.28. The predicted molar refractivity (Wildman–Crippen MR) is 106 cm³/mol. The van der Waals surface area contributed by atoms with Gasteiger partial charge in [-0.25, -0.2) is 14.8 Å². The Bertz CT molecular complexity index is 881. The Balaban J connectivity index is 2.04. The number of aryl methyl sites for hydroxylation is 1. The van der Waals surface area contributed by atoms with Crippen molar-refractivity contribution < 1.29 is 9.90 Å². The van der Waals surface area contributed by atoms with Crippen molar-refractivity contribution in [1.82, 2.24) is 9.97 Å². The number of hydrogen-bond donors (Lipinski definition) is 2. The number of carbonyl (C=O) groups is 1. The number of hydrogen-bond acceptors (Lipinski definition) is 6. The van der Waals surface area contributed by atoms with E-state index in [1.165, 1.54) is 0 Å². The average Bonchev–Trinajstić information content (AvgIpc) is 2.99. The smallest absolute Gasteiger partial charge is 0.326 e. The van der Waals surface area contributed by atoms with Crippen LogP contribution >= 0.6 is 23.1 Å². The lowest BCUT2D eigenvalue weighted by molar-refractivity contribution is -0.137. The highest BCUT2D eigenvalue weighted by Gasteiger charge is 2.20. The van der Waals surface area contributed by atoms with Gasteiger partial charge in [0.25, 0.3) is 0 Å². The minimum atomic E-state index is -0.867. The number of aromatic nitrogens is 2. The summed E-state index contributed by atoms with van der Waals surface area (Å²) < 4.78 is 0. The zero-order valence-corrected chi connectivity index (χ0v) is 15.7. The Labute approximate surface area is 154 Å². The van der Waals surface area contributed by atoms with Gasteiger partial charge in [0, 0.05) is 10.4 Å². The molecule has 1 aromatic carbocycles. The maximum atomic E-state index is 11.6. The molecule has 2 N–H and O–H groups in total. The van der Waals surface area contributed by atoms with Crippen molar-refractivity contribution in [3.8, 4) is 11.4 Å². The number of fused-ring (bicyclic) bond motifs is 1. The molecule has 130 valence electrons. The molecule has 3 aromatic rings. The number of benzene rings is 1. The average molecular weight is 374 g/mol. The van der Waals surface area contributed by atoms with Gasteiger partial charge >= 0.3 is 5.97 Å². The maximum absolute atomic E-state index is 11.6. The van der Waals surface area contributed by atoms with E-state index in [4.69, 9.17) is 0 Å². The summed E-state index contributed by atoms with van der Waals surface area (Å²) in [6.07, 6.45) is 2.50. The van der Waals surface area contributed by atoms with E-state index in [-0.39, 0.29) is 0 Å². The van der Waals surface area contributed by atoms with Crippen molar-refractivity contribution in [1.29, 1.82) is 0 Å². The zero-order valence-electron chi connectivity index (χ0n) is 14.0.